The predicted octanol–water partition coefficient (Wildman–Crippen LogP) is -2.83. The van der Waals surface area contributed by atoms with Crippen molar-refractivity contribution in [2.45, 2.75) is 63.1 Å². The Balaban J connectivity index is 2.30. The molecule has 14 nitrogen and oxygen atoms in total. The Morgan fingerprint density at radius 1 is 0.897 bits per heavy atom. The van der Waals surface area contributed by atoms with E-state index in [1.54, 1.807) is 0 Å². The summed E-state index contributed by atoms with van der Waals surface area (Å²) in [5.74, 6) is -0.640. The van der Waals surface area contributed by atoms with Crippen LogP contribution in [0.5, 0.6) is 0 Å². The molecule has 2 aliphatic heterocycles. The van der Waals surface area contributed by atoms with Gasteiger partial charge in [-0.15, -0.1) is 0 Å². The molecule has 0 aromatic rings. The van der Waals surface area contributed by atoms with Crippen molar-refractivity contribution < 1.29 is 63.5 Å². The average Bonchev–Trinajstić information content (AvgIpc) is 2.57. The number of aliphatic hydroxyl groups is 2. The summed E-state index contributed by atoms with van der Waals surface area (Å²) in [7, 11) is -9.45. The van der Waals surface area contributed by atoms with Crippen molar-refractivity contribution in [1.82, 2.24) is 0 Å². The number of aliphatic hydroxyl groups excluding tert-OH is 2. The van der Waals surface area contributed by atoms with Crippen LogP contribution in [-0.2, 0) is 48.1 Å². The number of rotatable bonds is 7. The summed E-state index contributed by atoms with van der Waals surface area (Å²) in [6.45, 7) is 2.71. The highest BCUT2D eigenvalue weighted by molar-refractivity contribution is 7.81. The third-order valence-electron chi connectivity index (χ3n) is 4.44. The van der Waals surface area contributed by atoms with E-state index < -0.39 is 75.9 Å². The normalized spacial score (nSPS) is 42.0. The maximum Gasteiger partial charge on any atom is 0.218 e. The molecule has 0 aromatic carbocycles. The van der Waals surface area contributed by atoms with E-state index in [9.17, 15) is 36.2 Å². The van der Waals surface area contributed by atoms with Gasteiger partial charge in [0.05, 0.1) is 18.8 Å². The molecule has 2 aliphatic rings. The fraction of sp³-hybridized carbons (Fsp3) is 1.00. The fourth-order valence-corrected chi connectivity index (χ4v) is 4.02. The second kappa shape index (κ2) is 9.33. The van der Waals surface area contributed by atoms with Crippen molar-refractivity contribution in [1.29, 1.82) is 0 Å². The first kappa shape index (κ1) is 24.8. The topological polar surface area (TPSA) is 210 Å². The van der Waals surface area contributed by atoms with Gasteiger partial charge in [0.15, 0.2) is 18.7 Å². The van der Waals surface area contributed by atoms with E-state index >= 15 is 0 Å². The smallest absolute Gasteiger partial charge is 0.218 e. The lowest BCUT2D eigenvalue weighted by Gasteiger charge is -2.46. The van der Waals surface area contributed by atoms with E-state index in [4.69, 9.17) is 18.9 Å². The first-order valence-electron chi connectivity index (χ1n) is 8.33. The first-order valence-corrected chi connectivity index (χ1v) is 11.0. The molecule has 0 bridgehead atoms. The maximum absolute atomic E-state index is 11.1. The summed E-state index contributed by atoms with van der Waals surface area (Å²) in [5.41, 5.74) is 0. The van der Waals surface area contributed by atoms with Crippen LogP contribution in [0.1, 0.15) is 13.8 Å². The van der Waals surface area contributed by atoms with Crippen molar-refractivity contribution >= 4 is 20.8 Å². The Kier molecular flexibility index (Phi) is 7.97. The molecule has 2 unspecified atom stereocenters. The summed E-state index contributed by atoms with van der Waals surface area (Å²) >= 11 is 0. The highest BCUT2D eigenvalue weighted by atomic mass is 32.3. The van der Waals surface area contributed by atoms with E-state index in [0.717, 1.165) is 7.11 Å². The predicted molar refractivity (Wildman–Crippen MR) is 86.3 cm³/mol. The molecule has 0 saturated carbocycles. The van der Waals surface area contributed by atoms with Crippen LogP contribution in [0.2, 0.25) is 0 Å². The zero-order chi connectivity index (χ0) is 22.1. The zero-order valence-electron chi connectivity index (χ0n) is 15.5. The van der Waals surface area contributed by atoms with Gasteiger partial charge in [0.25, 0.3) is 0 Å². The van der Waals surface area contributed by atoms with Gasteiger partial charge in [0, 0.05) is 13.0 Å². The molecule has 16 heteroatoms. The van der Waals surface area contributed by atoms with Gasteiger partial charge < -0.3 is 38.3 Å². The van der Waals surface area contributed by atoms with Crippen molar-refractivity contribution in [3.8, 4) is 0 Å². The van der Waals surface area contributed by atoms with Crippen molar-refractivity contribution in [3.05, 3.63) is 0 Å². The molecular formula is C13H22O14S2-2. The molecule has 2 N–H and O–H groups in total. The van der Waals surface area contributed by atoms with Gasteiger partial charge in [0.2, 0.25) is 20.8 Å². The summed E-state index contributed by atoms with van der Waals surface area (Å²) in [6.07, 6.45) is -12.6. The molecule has 2 saturated heterocycles. The molecular weight excluding hydrogens is 444 g/mol. The molecule has 9 atom stereocenters. The molecule has 29 heavy (non-hydrogen) atoms. The minimum Gasteiger partial charge on any atom is -0.726 e. The highest BCUT2D eigenvalue weighted by Gasteiger charge is 2.50. The first-order chi connectivity index (χ1) is 13.2. The number of hydrogen-bond donors (Lipinski definition) is 2. The lowest BCUT2D eigenvalue weighted by Crippen LogP contribution is -2.62. The molecule has 2 rings (SSSR count). The summed E-state index contributed by atoms with van der Waals surface area (Å²) in [4.78, 5) is 0. The molecule has 0 spiro atoms. The van der Waals surface area contributed by atoms with Crippen LogP contribution >= 0.6 is 0 Å². The third kappa shape index (κ3) is 6.49. The molecule has 0 aliphatic carbocycles. The molecule has 0 aromatic heterocycles. The lowest BCUT2D eigenvalue weighted by molar-refractivity contribution is -0.332. The van der Waals surface area contributed by atoms with Crippen molar-refractivity contribution in [2.24, 2.45) is 5.92 Å². The van der Waals surface area contributed by atoms with Crippen LogP contribution in [0.4, 0.5) is 0 Å². The molecule has 0 radical (unpaired) electrons. The van der Waals surface area contributed by atoms with Gasteiger partial charge in [-0.2, -0.15) is 0 Å². The Labute approximate surface area is 167 Å². The monoisotopic (exact) mass is 466 g/mol. The minimum absolute atomic E-state index is 0.138. The van der Waals surface area contributed by atoms with Crippen molar-refractivity contribution in [2.75, 3.05) is 13.7 Å². The van der Waals surface area contributed by atoms with E-state index in [1.165, 1.54) is 13.8 Å². The second-order valence-corrected chi connectivity index (χ2v) is 8.66. The van der Waals surface area contributed by atoms with Gasteiger partial charge in [-0.3, -0.25) is 8.37 Å². The van der Waals surface area contributed by atoms with Gasteiger partial charge in [-0.1, -0.05) is 6.92 Å². The van der Waals surface area contributed by atoms with E-state index in [2.05, 4.69) is 8.37 Å². The Bertz CT molecular complexity index is 753. The largest absolute Gasteiger partial charge is 0.726 e. The Morgan fingerprint density at radius 2 is 1.45 bits per heavy atom. The van der Waals surface area contributed by atoms with E-state index in [1.807, 2.05) is 0 Å². The highest BCUT2D eigenvalue weighted by Crippen LogP contribution is 2.32. The molecule has 172 valence electrons. The molecule has 2 fully saturated rings. The summed E-state index contributed by atoms with van der Waals surface area (Å²) < 4.78 is 95.9. The van der Waals surface area contributed by atoms with Crippen molar-refractivity contribution in [3.63, 3.8) is 0 Å². The Morgan fingerprint density at radius 3 is 1.97 bits per heavy atom. The van der Waals surface area contributed by atoms with Crippen LogP contribution in [0, 0.1) is 5.92 Å². The standard InChI is InChI=1S/C13H24O14S2/c1-5-4-23-13(11(7(5)14)27-29(19,20)21)25-9-6(2)24-12(22-3)8(15)10(9)26-28(16,17)18/h5-15H,4H2,1-3H3,(H,16,17,18)(H,19,20,21)/p-2/t5-,6?,7+,8+,9+,10+,11-,12?,13+/m1/s1. The third-order valence-corrected chi connectivity index (χ3v) is 5.36. The second-order valence-electron chi connectivity index (χ2n) is 6.64. The number of ether oxygens (including phenoxy) is 4. The molecule has 2 heterocycles. The number of hydrogen-bond acceptors (Lipinski definition) is 14. The lowest BCUT2D eigenvalue weighted by atomic mass is 9.96. The van der Waals surface area contributed by atoms with E-state index in [-0.39, 0.29) is 6.61 Å². The van der Waals surface area contributed by atoms with Gasteiger partial charge in [-0.05, 0) is 6.92 Å². The van der Waals surface area contributed by atoms with Crippen LogP contribution in [0.25, 0.3) is 0 Å². The van der Waals surface area contributed by atoms with Crippen LogP contribution in [0.15, 0.2) is 0 Å². The van der Waals surface area contributed by atoms with Crippen LogP contribution in [-0.4, -0.2) is 99.1 Å². The quantitative estimate of drug-likeness (QED) is 0.286. The van der Waals surface area contributed by atoms with Gasteiger partial charge in [-0.25, -0.2) is 16.8 Å². The van der Waals surface area contributed by atoms with E-state index in [0.29, 0.717) is 0 Å². The summed E-state index contributed by atoms with van der Waals surface area (Å²) in [5, 5.41) is 20.4. The summed E-state index contributed by atoms with van der Waals surface area (Å²) in [6, 6.07) is 0. The zero-order valence-corrected chi connectivity index (χ0v) is 17.1. The maximum atomic E-state index is 11.1. The van der Waals surface area contributed by atoms with Crippen LogP contribution in [0.3, 0.4) is 0 Å². The fourth-order valence-electron chi connectivity index (χ4n) is 3.05. The Hall–Kier alpha value is -0.500. The van der Waals surface area contributed by atoms with Gasteiger partial charge >= 0.3 is 0 Å². The SMILES string of the molecule is COC1OC(C)[C@H](O[C@@H]2OC[C@@H](C)[C@H](O)[C@H]2OS(=O)(=O)[O-])[C@@H](OS(=O)(=O)[O-])[C@@H]1O. The van der Waals surface area contributed by atoms with Crippen LogP contribution < -0.4 is 0 Å². The average molecular weight is 466 g/mol. The van der Waals surface area contributed by atoms with Gasteiger partial charge in [0.1, 0.15) is 18.3 Å². The molecule has 0 amide bonds. The number of methoxy groups -OCH3 is 1. The minimum atomic E-state index is -5.32.